The lowest BCUT2D eigenvalue weighted by molar-refractivity contribution is 0.182. The Morgan fingerprint density at radius 1 is 1.35 bits per heavy atom. The number of hydrogen-bond donors (Lipinski definition) is 1. The standard InChI is InChI=1S/C13H18N4OS2/c1-14-12-15-10(8-19-12)11-9(7-18-2)16-13(20-11)17-5-3-4-6-17/h8H,3-7H2,1-2H3,(H,14,15). The molecule has 108 valence electrons. The summed E-state index contributed by atoms with van der Waals surface area (Å²) in [6.07, 6.45) is 2.52. The summed E-state index contributed by atoms with van der Waals surface area (Å²) < 4.78 is 5.28. The average Bonchev–Trinajstić information content (AvgIpc) is 3.19. The van der Waals surface area contributed by atoms with Gasteiger partial charge in [0.25, 0.3) is 0 Å². The zero-order valence-electron chi connectivity index (χ0n) is 11.7. The van der Waals surface area contributed by atoms with Gasteiger partial charge in [-0.1, -0.05) is 11.3 Å². The first-order chi connectivity index (χ1) is 9.81. The van der Waals surface area contributed by atoms with Crippen LogP contribution in [-0.4, -0.2) is 37.2 Å². The fourth-order valence-electron chi connectivity index (χ4n) is 2.31. The van der Waals surface area contributed by atoms with Gasteiger partial charge in [-0.15, -0.1) is 11.3 Å². The molecule has 3 rings (SSSR count). The van der Waals surface area contributed by atoms with Crippen LogP contribution in [0.2, 0.25) is 0 Å². The van der Waals surface area contributed by atoms with Gasteiger partial charge in [0.05, 0.1) is 22.9 Å². The summed E-state index contributed by atoms with van der Waals surface area (Å²) >= 11 is 3.34. The first kappa shape index (κ1) is 13.8. The number of ether oxygens (including phenoxy) is 1. The Morgan fingerprint density at radius 2 is 2.15 bits per heavy atom. The lowest BCUT2D eigenvalue weighted by atomic mass is 10.3. The van der Waals surface area contributed by atoms with Gasteiger partial charge in [0.1, 0.15) is 0 Å². The van der Waals surface area contributed by atoms with Crippen molar-refractivity contribution in [3.8, 4) is 10.6 Å². The summed E-state index contributed by atoms with van der Waals surface area (Å²) in [6, 6.07) is 0. The van der Waals surface area contributed by atoms with Crippen molar-refractivity contribution in [2.45, 2.75) is 19.4 Å². The molecular weight excluding hydrogens is 292 g/mol. The van der Waals surface area contributed by atoms with Gasteiger partial charge in [0, 0.05) is 32.6 Å². The highest BCUT2D eigenvalue weighted by atomic mass is 32.1. The highest BCUT2D eigenvalue weighted by Gasteiger charge is 2.21. The Balaban J connectivity index is 1.94. The second-order valence-corrected chi connectivity index (χ2v) is 6.52. The van der Waals surface area contributed by atoms with Crippen LogP contribution in [0.4, 0.5) is 10.3 Å². The van der Waals surface area contributed by atoms with Crippen molar-refractivity contribution in [3.05, 3.63) is 11.1 Å². The second kappa shape index (κ2) is 6.07. The maximum atomic E-state index is 5.28. The summed E-state index contributed by atoms with van der Waals surface area (Å²) in [4.78, 5) is 12.8. The first-order valence-electron chi connectivity index (χ1n) is 6.69. The van der Waals surface area contributed by atoms with E-state index in [4.69, 9.17) is 9.72 Å². The molecular formula is C13H18N4OS2. The van der Waals surface area contributed by atoms with Crippen molar-refractivity contribution in [1.29, 1.82) is 0 Å². The maximum Gasteiger partial charge on any atom is 0.186 e. The summed E-state index contributed by atoms with van der Waals surface area (Å²) in [6.45, 7) is 2.75. The van der Waals surface area contributed by atoms with Gasteiger partial charge < -0.3 is 15.0 Å². The number of methoxy groups -OCH3 is 1. The molecule has 20 heavy (non-hydrogen) atoms. The Labute approximate surface area is 126 Å². The number of nitrogens with zero attached hydrogens (tertiary/aromatic N) is 3. The molecule has 0 spiro atoms. The van der Waals surface area contributed by atoms with Gasteiger partial charge in [-0.2, -0.15) is 0 Å². The van der Waals surface area contributed by atoms with Crippen LogP contribution in [0.3, 0.4) is 0 Å². The average molecular weight is 310 g/mol. The molecule has 2 aromatic heterocycles. The van der Waals surface area contributed by atoms with E-state index in [1.807, 2.05) is 7.05 Å². The van der Waals surface area contributed by atoms with Crippen LogP contribution in [0.1, 0.15) is 18.5 Å². The van der Waals surface area contributed by atoms with Crippen molar-refractivity contribution < 1.29 is 4.74 Å². The molecule has 1 aliphatic heterocycles. The van der Waals surface area contributed by atoms with Crippen LogP contribution in [0, 0.1) is 0 Å². The van der Waals surface area contributed by atoms with Gasteiger partial charge in [-0.3, -0.25) is 0 Å². The monoisotopic (exact) mass is 310 g/mol. The highest BCUT2D eigenvalue weighted by Crippen LogP contribution is 2.37. The van der Waals surface area contributed by atoms with E-state index < -0.39 is 0 Å². The summed E-state index contributed by atoms with van der Waals surface area (Å²) in [5.74, 6) is 0. The van der Waals surface area contributed by atoms with E-state index in [9.17, 15) is 0 Å². The van der Waals surface area contributed by atoms with Crippen LogP contribution < -0.4 is 10.2 Å². The largest absolute Gasteiger partial charge is 0.378 e. The topological polar surface area (TPSA) is 50.3 Å². The van der Waals surface area contributed by atoms with E-state index in [1.54, 1.807) is 29.8 Å². The number of rotatable bonds is 5. The Kier molecular flexibility index (Phi) is 4.18. The molecule has 0 aromatic carbocycles. The molecule has 1 fully saturated rings. The maximum absolute atomic E-state index is 5.28. The van der Waals surface area contributed by atoms with Crippen LogP contribution in [0.15, 0.2) is 5.38 Å². The third kappa shape index (κ3) is 2.65. The van der Waals surface area contributed by atoms with E-state index >= 15 is 0 Å². The molecule has 0 saturated carbocycles. The smallest absolute Gasteiger partial charge is 0.186 e. The minimum atomic E-state index is 0.534. The van der Waals surface area contributed by atoms with Gasteiger partial charge in [-0.05, 0) is 12.8 Å². The van der Waals surface area contributed by atoms with Crippen molar-refractivity contribution in [2.75, 3.05) is 37.5 Å². The Hall–Kier alpha value is -1.18. The predicted octanol–water partition coefficient (Wildman–Crippen LogP) is 3.05. The fraction of sp³-hybridized carbons (Fsp3) is 0.538. The predicted molar refractivity (Wildman–Crippen MR) is 84.9 cm³/mol. The summed E-state index contributed by atoms with van der Waals surface area (Å²) in [5.41, 5.74) is 1.99. The molecule has 0 amide bonds. The number of anilines is 2. The van der Waals surface area contributed by atoms with E-state index in [-0.39, 0.29) is 0 Å². The normalized spacial score (nSPS) is 15.0. The molecule has 0 unspecified atom stereocenters. The zero-order chi connectivity index (χ0) is 13.9. The highest BCUT2D eigenvalue weighted by molar-refractivity contribution is 7.19. The molecule has 5 nitrogen and oxygen atoms in total. The van der Waals surface area contributed by atoms with Gasteiger partial charge in [0.2, 0.25) is 0 Å². The lowest BCUT2D eigenvalue weighted by Gasteiger charge is -2.12. The zero-order valence-corrected chi connectivity index (χ0v) is 13.3. The van der Waals surface area contributed by atoms with Crippen LogP contribution >= 0.6 is 22.7 Å². The van der Waals surface area contributed by atoms with E-state index in [2.05, 4.69) is 20.6 Å². The minimum Gasteiger partial charge on any atom is -0.378 e. The number of hydrogen-bond acceptors (Lipinski definition) is 7. The van der Waals surface area contributed by atoms with E-state index in [1.165, 1.54) is 12.8 Å². The van der Waals surface area contributed by atoms with E-state index in [0.29, 0.717) is 6.61 Å². The van der Waals surface area contributed by atoms with Crippen LogP contribution in [0.25, 0.3) is 10.6 Å². The Bertz CT molecular complexity index is 575. The van der Waals surface area contributed by atoms with Gasteiger partial charge in [0.15, 0.2) is 10.3 Å². The number of thiazole rings is 2. The lowest BCUT2D eigenvalue weighted by Crippen LogP contribution is -2.17. The molecule has 2 aromatic rings. The minimum absolute atomic E-state index is 0.534. The third-order valence-corrected chi connectivity index (χ3v) is 5.34. The van der Waals surface area contributed by atoms with Crippen molar-refractivity contribution >= 4 is 32.9 Å². The molecule has 0 radical (unpaired) electrons. The van der Waals surface area contributed by atoms with Gasteiger partial charge >= 0.3 is 0 Å². The van der Waals surface area contributed by atoms with E-state index in [0.717, 1.165) is 39.6 Å². The molecule has 3 heterocycles. The molecule has 0 bridgehead atoms. The molecule has 1 N–H and O–H groups in total. The second-order valence-electron chi connectivity index (χ2n) is 4.69. The van der Waals surface area contributed by atoms with Crippen LogP contribution in [0.5, 0.6) is 0 Å². The molecule has 1 saturated heterocycles. The van der Waals surface area contributed by atoms with Gasteiger partial charge in [-0.25, -0.2) is 9.97 Å². The van der Waals surface area contributed by atoms with Crippen molar-refractivity contribution in [3.63, 3.8) is 0 Å². The molecule has 0 aliphatic carbocycles. The third-order valence-electron chi connectivity index (χ3n) is 3.29. The molecule has 1 aliphatic rings. The Morgan fingerprint density at radius 3 is 2.80 bits per heavy atom. The SMILES string of the molecule is CNc1nc(-c2sc(N3CCCC3)nc2COC)cs1. The molecule has 0 atom stereocenters. The first-order valence-corrected chi connectivity index (χ1v) is 8.38. The quantitative estimate of drug-likeness (QED) is 0.920. The number of nitrogens with one attached hydrogen (secondary N) is 1. The van der Waals surface area contributed by atoms with Crippen molar-refractivity contribution in [1.82, 2.24) is 9.97 Å². The van der Waals surface area contributed by atoms with Crippen LogP contribution in [-0.2, 0) is 11.3 Å². The molecule has 7 heteroatoms. The number of aromatic nitrogens is 2. The summed E-state index contributed by atoms with van der Waals surface area (Å²) in [7, 11) is 3.60. The fourth-order valence-corrected chi connectivity index (χ4v) is 4.13. The summed E-state index contributed by atoms with van der Waals surface area (Å²) in [5, 5.41) is 7.19. The van der Waals surface area contributed by atoms with Crippen molar-refractivity contribution in [2.24, 2.45) is 0 Å².